The molecule has 1 aliphatic heterocycles. The Bertz CT molecular complexity index is 511. The zero-order valence-electron chi connectivity index (χ0n) is 9.66. The molecule has 1 heterocycles. The SMILES string of the molecule is CC1CS(=O)(=O)CCN1S(=O)(=O)C(C)C(N)=S. The number of nitrogens with zero attached hydrogens (tertiary/aromatic N) is 1. The van der Waals surface area contributed by atoms with E-state index in [4.69, 9.17) is 5.73 Å². The molecule has 2 N–H and O–H groups in total. The molecule has 17 heavy (non-hydrogen) atoms. The highest BCUT2D eigenvalue weighted by atomic mass is 32.2. The summed E-state index contributed by atoms with van der Waals surface area (Å²) in [6.07, 6.45) is 0. The third-order valence-electron chi connectivity index (χ3n) is 2.78. The van der Waals surface area contributed by atoms with E-state index in [1.807, 2.05) is 0 Å². The Kier molecular flexibility index (Phi) is 4.17. The Balaban J connectivity index is 2.99. The van der Waals surface area contributed by atoms with Gasteiger partial charge in [-0.15, -0.1) is 0 Å². The maximum Gasteiger partial charge on any atom is 0.223 e. The second-order valence-electron chi connectivity index (χ2n) is 4.16. The summed E-state index contributed by atoms with van der Waals surface area (Å²) in [6, 6.07) is -0.574. The van der Waals surface area contributed by atoms with Crippen LogP contribution >= 0.6 is 12.2 Å². The minimum absolute atomic E-state index is 0.0290. The van der Waals surface area contributed by atoms with Crippen LogP contribution in [0.25, 0.3) is 0 Å². The minimum atomic E-state index is -3.66. The van der Waals surface area contributed by atoms with Crippen LogP contribution < -0.4 is 5.73 Å². The molecule has 0 aromatic heterocycles. The molecule has 0 bridgehead atoms. The molecule has 0 aromatic carbocycles. The van der Waals surface area contributed by atoms with E-state index >= 15 is 0 Å². The third-order valence-corrected chi connectivity index (χ3v) is 7.43. The smallest absolute Gasteiger partial charge is 0.223 e. The van der Waals surface area contributed by atoms with Gasteiger partial charge in [-0.25, -0.2) is 16.8 Å². The van der Waals surface area contributed by atoms with E-state index in [0.717, 1.165) is 0 Å². The first-order chi connectivity index (χ1) is 7.58. The van der Waals surface area contributed by atoms with Crippen molar-refractivity contribution in [3.63, 3.8) is 0 Å². The van der Waals surface area contributed by atoms with Gasteiger partial charge in [0.1, 0.15) is 5.25 Å². The predicted octanol–water partition coefficient (Wildman–Crippen LogP) is -0.890. The van der Waals surface area contributed by atoms with Crippen molar-refractivity contribution in [2.24, 2.45) is 5.73 Å². The molecular formula is C8H16N2O4S3. The Labute approximate surface area is 107 Å². The van der Waals surface area contributed by atoms with Crippen LogP contribution in [0.4, 0.5) is 0 Å². The fraction of sp³-hybridized carbons (Fsp3) is 0.875. The van der Waals surface area contributed by atoms with Gasteiger partial charge in [0.25, 0.3) is 0 Å². The number of hydrogen-bond donors (Lipinski definition) is 1. The third kappa shape index (κ3) is 3.15. The summed E-state index contributed by atoms with van der Waals surface area (Å²) in [5.74, 6) is -0.309. The number of thiocarbonyl (C=S) groups is 1. The number of rotatable bonds is 3. The average molecular weight is 300 g/mol. The Morgan fingerprint density at radius 2 is 2.06 bits per heavy atom. The van der Waals surface area contributed by atoms with Crippen molar-refractivity contribution in [2.75, 3.05) is 18.1 Å². The van der Waals surface area contributed by atoms with Gasteiger partial charge in [-0.05, 0) is 13.8 Å². The minimum Gasteiger partial charge on any atom is -0.392 e. The highest BCUT2D eigenvalue weighted by molar-refractivity contribution is 7.93. The number of sulfonamides is 1. The predicted molar refractivity (Wildman–Crippen MR) is 70.0 cm³/mol. The van der Waals surface area contributed by atoms with Gasteiger partial charge >= 0.3 is 0 Å². The van der Waals surface area contributed by atoms with Crippen LogP contribution in [0.5, 0.6) is 0 Å². The molecule has 1 fully saturated rings. The van der Waals surface area contributed by atoms with E-state index in [9.17, 15) is 16.8 Å². The lowest BCUT2D eigenvalue weighted by Crippen LogP contribution is -2.53. The first kappa shape index (κ1) is 14.8. The van der Waals surface area contributed by atoms with Crippen LogP contribution in [0.2, 0.25) is 0 Å². The molecule has 2 atom stereocenters. The van der Waals surface area contributed by atoms with Gasteiger partial charge in [0, 0.05) is 12.6 Å². The zero-order chi connectivity index (χ0) is 13.4. The van der Waals surface area contributed by atoms with Crippen LogP contribution in [0.15, 0.2) is 0 Å². The molecule has 100 valence electrons. The molecular weight excluding hydrogens is 284 g/mol. The molecule has 2 unspecified atom stereocenters. The Morgan fingerprint density at radius 1 is 1.53 bits per heavy atom. The lowest BCUT2D eigenvalue weighted by atomic mass is 10.4. The van der Waals surface area contributed by atoms with Gasteiger partial charge in [-0.3, -0.25) is 0 Å². The molecule has 1 saturated heterocycles. The van der Waals surface area contributed by atoms with Crippen LogP contribution in [0.3, 0.4) is 0 Å². The molecule has 9 heteroatoms. The van der Waals surface area contributed by atoms with E-state index in [2.05, 4.69) is 12.2 Å². The van der Waals surface area contributed by atoms with Crippen LogP contribution in [0.1, 0.15) is 13.8 Å². The maximum atomic E-state index is 12.1. The van der Waals surface area contributed by atoms with Crippen molar-refractivity contribution in [1.29, 1.82) is 0 Å². The van der Waals surface area contributed by atoms with Gasteiger partial charge in [-0.2, -0.15) is 4.31 Å². The highest BCUT2D eigenvalue weighted by Crippen LogP contribution is 2.19. The second-order valence-corrected chi connectivity index (χ2v) is 9.07. The summed E-state index contributed by atoms with van der Waals surface area (Å²) in [6.45, 7) is 2.95. The van der Waals surface area contributed by atoms with Crippen molar-refractivity contribution in [3.8, 4) is 0 Å². The maximum absolute atomic E-state index is 12.1. The largest absolute Gasteiger partial charge is 0.392 e. The van der Waals surface area contributed by atoms with Gasteiger partial charge in [-0.1, -0.05) is 12.2 Å². The van der Waals surface area contributed by atoms with E-state index < -0.39 is 31.2 Å². The number of hydrogen-bond acceptors (Lipinski definition) is 5. The number of nitrogens with two attached hydrogens (primary N) is 1. The van der Waals surface area contributed by atoms with Crippen molar-refractivity contribution in [3.05, 3.63) is 0 Å². The first-order valence-corrected chi connectivity index (χ1v) is 8.81. The topological polar surface area (TPSA) is 97.5 Å². The molecule has 0 amide bonds. The van der Waals surface area contributed by atoms with Crippen LogP contribution in [0, 0.1) is 0 Å². The first-order valence-electron chi connectivity index (χ1n) is 5.08. The van der Waals surface area contributed by atoms with Crippen molar-refractivity contribution in [1.82, 2.24) is 4.31 Å². The molecule has 6 nitrogen and oxygen atoms in total. The lowest BCUT2D eigenvalue weighted by molar-refractivity contribution is 0.355. The van der Waals surface area contributed by atoms with E-state index in [0.29, 0.717) is 0 Å². The van der Waals surface area contributed by atoms with Gasteiger partial charge < -0.3 is 5.73 Å². The zero-order valence-corrected chi connectivity index (χ0v) is 12.1. The molecule has 0 spiro atoms. The van der Waals surface area contributed by atoms with Gasteiger partial charge in [0.2, 0.25) is 10.0 Å². The van der Waals surface area contributed by atoms with Crippen molar-refractivity contribution >= 4 is 37.1 Å². The van der Waals surface area contributed by atoms with E-state index in [1.165, 1.54) is 11.2 Å². The van der Waals surface area contributed by atoms with Gasteiger partial charge in [0.15, 0.2) is 9.84 Å². The Morgan fingerprint density at radius 3 is 2.47 bits per heavy atom. The molecule has 0 radical (unpaired) electrons. The van der Waals surface area contributed by atoms with E-state index in [1.54, 1.807) is 6.92 Å². The highest BCUT2D eigenvalue weighted by Gasteiger charge is 2.39. The van der Waals surface area contributed by atoms with Crippen LogP contribution in [-0.4, -0.2) is 55.5 Å². The van der Waals surface area contributed by atoms with E-state index in [-0.39, 0.29) is 23.0 Å². The fourth-order valence-corrected chi connectivity index (χ4v) is 5.46. The second kappa shape index (κ2) is 4.79. The van der Waals surface area contributed by atoms with Crippen molar-refractivity contribution < 1.29 is 16.8 Å². The average Bonchev–Trinajstić information content (AvgIpc) is 2.13. The fourth-order valence-electron chi connectivity index (χ4n) is 1.71. The monoisotopic (exact) mass is 300 g/mol. The molecule has 1 rings (SSSR count). The lowest BCUT2D eigenvalue weighted by Gasteiger charge is -2.33. The quantitative estimate of drug-likeness (QED) is 0.679. The summed E-state index contributed by atoms with van der Waals surface area (Å²) in [4.78, 5) is -0.106. The van der Waals surface area contributed by atoms with Crippen molar-refractivity contribution in [2.45, 2.75) is 25.1 Å². The normalized spacial score (nSPS) is 27.5. The summed E-state index contributed by atoms with van der Waals surface area (Å²) in [5.41, 5.74) is 5.33. The molecule has 1 aliphatic rings. The van der Waals surface area contributed by atoms with Crippen LogP contribution in [-0.2, 0) is 19.9 Å². The standard InChI is InChI=1S/C8H16N2O4S3/c1-6-5-16(11,12)4-3-10(6)17(13,14)7(2)8(9)15/h6-7H,3-5H2,1-2H3,(H2,9,15). The number of sulfone groups is 1. The molecule has 0 aliphatic carbocycles. The summed E-state index contributed by atoms with van der Waals surface area (Å²) in [5, 5.41) is -0.972. The summed E-state index contributed by atoms with van der Waals surface area (Å²) >= 11 is 4.67. The molecule has 0 aromatic rings. The summed E-state index contributed by atoms with van der Waals surface area (Å²) in [7, 11) is -6.80. The Hall–Kier alpha value is -0.250. The summed E-state index contributed by atoms with van der Waals surface area (Å²) < 4.78 is 48.1. The van der Waals surface area contributed by atoms with Gasteiger partial charge in [0.05, 0.1) is 16.5 Å². The molecule has 0 saturated carbocycles.